The van der Waals surface area contributed by atoms with E-state index in [4.69, 9.17) is 14.0 Å². The molecule has 192 valence electrons. The van der Waals surface area contributed by atoms with Crippen LogP contribution in [0.4, 0.5) is 22.0 Å². The summed E-state index contributed by atoms with van der Waals surface area (Å²) in [7, 11) is 2.68. The van der Waals surface area contributed by atoms with Crippen LogP contribution in [0.25, 0.3) is 16.9 Å². The van der Waals surface area contributed by atoms with Gasteiger partial charge in [-0.2, -0.15) is 0 Å². The molecule has 0 aromatic carbocycles. The predicted molar refractivity (Wildman–Crippen MR) is 136 cm³/mol. The number of hydrogen-bond donors (Lipinski definition) is 1. The van der Waals surface area contributed by atoms with Crippen molar-refractivity contribution >= 4 is 40.3 Å². The van der Waals surface area contributed by atoms with Gasteiger partial charge < -0.3 is 19.3 Å². The predicted octanol–water partition coefficient (Wildman–Crippen LogP) is 3.98. The fraction of sp³-hybridized carbons (Fsp3) is 0.280. The lowest BCUT2D eigenvalue weighted by Gasteiger charge is -2.25. The molecule has 0 aliphatic carbocycles. The number of pyridine rings is 3. The Hall–Kier alpha value is -4.74. The number of hydrogen-bond acceptors (Lipinski definition) is 10. The van der Waals surface area contributed by atoms with Gasteiger partial charge in [0, 0.05) is 25.5 Å². The van der Waals surface area contributed by atoms with E-state index < -0.39 is 17.7 Å². The Labute approximate surface area is 211 Å². The molecule has 4 heterocycles. The molecule has 0 bridgehead atoms. The monoisotopic (exact) mass is 506 g/mol. The van der Waals surface area contributed by atoms with Gasteiger partial charge in [0.2, 0.25) is 0 Å². The molecule has 0 saturated heterocycles. The van der Waals surface area contributed by atoms with Crippen LogP contribution in [0.3, 0.4) is 0 Å². The number of rotatable bonds is 5. The highest BCUT2D eigenvalue weighted by molar-refractivity contribution is 6.06. The second kappa shape index (κ2) is 9.72. The molecule has 0 fully saturated rings. The number of nitrogens with zero attached hydrogens (tertiary/aromatic N) is 5. The van der Waals surface area contributed by atoms with Crippen molar-refractivity contribution in [2.75, 3.05) is 24.4 Å². The Bertz CT molecular complexity index is 1530. The van der Waals surface area contributed by atoms with Gasteiger partial charge in [0.05, 0.1) is 12.8 Å². The van der Waals surface area contributed by atoms with Gasteiger partial charge in [0.1, 0.15) is 28.4 Å². The van der Waals surface area contributed by atoms with Crippen LogP contribution in [0.1, 0.15) is 36.9 Å². The number of amides is 1. The van der Waals surface area contributed by atoms with Crippen LogP contribution in [-0.4, -0.2) is 51.5 Å². The zero-order valence-electron chi connectivity index (χ0n) is 21.2. The van der Waals surface area contributed by atoms with Crippen LogP contribution in [0, 0.1) is 6.92 Å². The van der Waals surface area contributed by atoms with Crippen molar-refractivity contribution in [2.24, 2.45) is 0 Å². The zero-order valence-corrected chi connectivity index (χ0v) is 21.2. The summed E-state index contributed by atoms with van der Waals surface area (Å²) < 4.78 is 16.8. The third kappa shape index (κ3) is 5.27. The van der Waals surface area contributed by atoms with Crippen molar-refractivity contribution in [3.8, 4) is 5.82 Å². The largest absolute Gasteiger partial charge is 0.463 e. The molecule has 4 aromatic heterocycles. The van der Waals surface area contributed by atoms with Gasteiger partial charge in [-0.05, 0) is 51.5 Å². The van der Waals surface area contributed by atoms with Crippen LogP contribution in [0.15, 0.2) is 52.0 Å². The highest BCUT2D eigenvalue weighted by atomic mass is 16.6. The Kier molecular flexibility index (Phi) is 6.66. The summed E-state index contributed by atoms with van der Waals surface area (Å²) in [4.78, 5) is 48.2. The molecule has 12 nitrogen and oxygen atoms in total. The smallest absolute Gasteiger partial charge is 0.414 e. The minimum absolute atomic E-state index is 0.0405. The number of esters is 1. The fourth-order valence-corrected chi connectivity index (χ4v) is 3.39. The zero-order chi connectivity index (χ0) is 26.9. The summed E-state index contributed by atoms with van der Waals surface area (Å²) in [5.41, 5.74) is 0.406. The van der Waals surface area contributed by atoms with Gasteiger partial charge >= 0.3 is 12.1 Å². The molecule has 37 heavy (non-hydrogen) atoms. The molecule has 1 N–H and O–H groups in total. The van der Waals surface area contributed by atoms with Crippen molar-refractivity contribution in [3.05, 3.63) is 64.4 Å². The van der Waals surface area contributed by atoms with Crippen LogP contribution in [-0.2, 0) is 9.47 Å². The van der Waals surface area contributed by atoms with Crippen molar-refractivity contribution in [2.45, 2.75) is 33.3 Å². The number of aromatic nitrogens is 4. The molecule has 12 heteroatoms. The average molecular weight is 507 g/mol. The molecule has 0 saturated carbocycles. The van der Waals surface area contributed by atoms with Crippen molar-refractivity contribution in [1.29, 1.82) is 0 Å². The number of nitrogens with one attached hydrogen (secondary N) is 1. The van der Waals surface area contributed by atoms with Crippen molar-refractivity contribution in [1.82, 2.24) is 19.7 Å². The van der Waals surface area contributed by atoms with E-state index in [0.717, 1.165) is 5.56 Å². The van der Waals surface area contributed by atoms with Gasteiger partial charge in [-0.25, -0.2) is 19.6 Å². The third-order valence-electron chi connectivity index (χ3n) is 5.17. The number of fused-ring (bicyclic) bond motifs is 1. The number of methoxy groups -OCH3 is 1. The van der Waals surface area contributed by atoms with E-state index in [1.54, 1.807) is 51.4 Å². The highest BCUT2D eigenvalue weighted by Crippen LogP contribution is 2.31. The van der Waals surface area contributed by atoms with E-state index in [2.05, 4.69) is 20.4 Å². The van der Waals surface area contributed by atoms with Gasteiger partial charge in [0.15, 0.2) is 5.52 Å². The molecule has 0 spiro atoms. The van der Waals surface area contributed by atoms with E-state index in [1.165, 1.54) is 29.7 Å². The lowest BCUT2D eigenvalue weighted by molar-refractivity contribution is 0.0554. The second-order valence-corrected chi connectivity index (χ2v) is 9.18. The molecular weight excluding hydrogens is 480 g/mol. The Morgan fingerprint density at radius 2 is 1.92 bits per heavy atom. The Morgan fingerprint density at radius 1 is 1.16 bits per heavy atom. The summed E-state index contributed by atoms with van der Waals surface area (Å²) in [5, 5.41) is 6.89. The molecule has 0 atom stereocenters. The molecular formula is C25H26N6O6. The number of ether oxygens (including phenoxy) is 2. The van der Waals surface area contributed by atoms with Crippen molar-refractivity contribution in [3.63, 3.8) is 0 Å². The minimum atomic E-state index is -0.800. The van der Waals surface area contributed by atoms with E-state index in [0.29, 0.717) is 5.82 Å². The minimum Gasteiger partial charge on any atom is -0.463 e. The maximum atomic E-state index is 13.2. The number of anilines is 3. The van der Waals surface area contributed by atoms with Gasteiger partial charge in [-0.1, -0.05) is 11.2 Å². The van der Waals surface area contributed by atoms with E-state index >= 15 is 0 Å². The summed E-state index contributed by atoms with van der Waals surface area (Å²) in [6.45, 7) is 7.12. The first-order valence-electron chi connectivity index (χ1n) is 11.3. The topological polar surface area (TPSA) is 142 Å². The molecule has 0 radical (unpaired) electrons. The SMILES string of the molecule is COC(=O)c1onc2c(N(C)C(=O)OC(C)(C)C)cc(Nc3cccn(-c4ccc(C)cn4)c3=O)nc12. The van der Waals surface area contributed by atoms with Gasteiger partial charge in [-0.3, -0.25) is 14.3 Å². The normalized spacial score (nSPS) is 11.3. The number of aryl methyl sites for hydroxylation is 1. The van der Waals surface area contributed by atoms with E-state index in [9.17, 15) is 14.4 Å². The maximum Gasteiger partial charge on any atom is 0.414 e. The lowest BCUT2D eigenvalue weighted by atomic mass is 10.2. The van der Waals surface area contributed by atoms with E-state index in [-0.39, 0.29) is 39.5 Å². The molecule has 0 aliphatic rings. The second-order valence-electron chi connectivity index (χ2n) is 9.18. The molecule has 4 rings (SSSR count). The molecule has 0 unspecified atom stereocenters. The number of carbonyl (C=O) groups excluding carboxylic acids is 2. The maximum absolute atomic E-state index is 13.2. The first-order chi connectivity index (χ1) is 17.5. The standard InChI is InChI=1S/C25H26N6O6/c1-14-9-10-18(26-13-14)31-11-7-8-15(22(31)32)27-17-12-16(30(5)24(34)36-25(2,3)4)19-20(28-17)21(37-29-19)23(33)35-6/h7-13H,1-6H3,(H,27,28). The summed E-state index contributed by atoms with van der Waals surface area (Å²) in [6.07, 6.45) is 2.59. The Balaban J connectivity index is 1.81. The van der Waals surface area contributed by atoms with Crippen LogP contribution >= 0.6 is 0 Å². The van der Waals surface area contributed by atoms with Crippen LogP contribution in [0.5, 0.6) is 0 Å². The van der Waals surface area contributed by atoms with Gasteiger partial charge in [0.25, 0.3) is 11.3 Å². The lowest BCUT2D eigenvalue weighted by Crippen LogP contribution is -2.34. The van der Waals surface area contributed by atoms with Crippen molar-refractivity contribution < 1.29 is 23.6 Å². The van der Waals surface area contributed by atoms with E-state index in [1.807, 2.05) is 13.0 Å². The quantitative estimate of drug-likeness (QED) is 0.395. The third-order valence-corrected chi connectivity index (χ3v) is 5.17. The van der Waals surface area contributed by atoms with Gasteiger partial charge in [-0.15, -0.1) is 0 Å². The average Bonchev–Trinajstić information content (AvgIpc) is 3.27. The first kappa shape index (κ1) is 25.4. The number of carbonyl (C=O) groups is 2. The molecule has 0 aliphatic heterocycles. The summed E-state index contributed by atoms with van der Waals surface area (Å²) in [5.74, 6) is -0.460. The van der Waals surface area contributed by atoms with Crippen LogP contribution < -0.4 is 15.8 Å². The Morgan fingerprint density at radius 3 is 2.57 bits per heavy atom. The molecule has 1 amide bonds. The van der Waals surface area contributed by atoms with Crippen LogP contribution in [0.2, 0.25) is 0 Å². The molecule has 4 aromatic rings. The summed E-state index contributed by atoms with van der Waals surface area (Å²) >= 11 is 0. The first-order valence-corrected chi connectivity index (χ1v) is 11.3. The fourth-order valence-electron chi connectivity index (χ4n) is 3.39. The summed E-state index contributed by atoms with van der Waals surface area (Å²) in [6, 6.07) is 8.33. The highest BCUT2D eigenvalue weighted by Gasteiger charge is 2.27.